The summed E-state index contributed by atoms with van der Waals surface area (Å²) in [5.74, 6) is -1.08. The maximum absolute atomic E-state index is 10.9. The zero-order chi connectivity index (χ0) is 10.1. The number of carbonyl (C=O) groups is 1. The number of carboxylic acid groups (broad SMARTS) is 1. The number of hydrogen-bond donors (Lipinski definition) is 3. The fourth-order valence-corrected chi connectivity index (χ4v) is 1.42. The molecule has 5 nitrogen and oxygen atoms in total. The summed E-state index contributed by atoms with van der Waals surface area (Å²) in [5, 5.41) is 17.9. The number of imidazole rings is 1. The van der Waals surface area contributed by atoms with E-state index in [1.54, 1.807) is 12.1 Å². The molecule has 0 radical (unpaired) electrons. The van der Waals surface area contributed by atoms with Gasteiger partial charge in [-0.2, -0.15) is 0 Å². The standard InChI is InChI=1S/C9H8N2O3/c12-3-5-1-2-6-8(11-4-10-6)7(5)9(13)14/h1-2,4,12H,3H2,(H,10,11)(H,13,14). The first-order valence-corrected chi connectivity index (χ1v) is 4.03. The van der Waals surface area contributed by atoms with E-state index in [9.17, 15) is 4.79 Å². The number of H-pyrrole nitrogens is 1. The number of aliphatic hydroxyl groups excluding tert-OH is 1. The van der Waals surface area contributed by atoms with Gasteiger partial charge in [0.15, 0.2) is 0 Å². The van der Waals surface area contributed by atoms with E-state index in [0.717, 1.165) is 0 Å². The van der Waals surface area contributed by atoms with E-state index in [0.29, 0.717) is 16.6 Å². The van der Waals surface area contributed by atoms with E-state index in [2.05, 4.69) is 9.97 Å². The predicted molar refractivity (Wildman–Crippen MR) is 49.0 cm³/mol. The van der Waals surface area contributed by atoms with Gasteiger partial charge in [-0.15, -0.1) is 0 Å². The monoisotopic (exact) mass is 192 g/mol. The van der Waals surface area contributed by atoms with Crippen molar-refractivity contribution in [1.29, 1.82) is 0 Å². The molecular formula is C9H8N2O3. The van der Waals surface area contributed by atoms with Gasteiger partial charge in [-0.1, -0.05) is 6.07 Å². The second kappa shape index (κ2) is 3.12. The van der Waals surface area contributed by atoms with Crippen LogP contribution in [-0.4, -0.2) is 26.2 Å². The summed E-state index contributed by atoms with van der Waals surface area (Å²) in [5.41, 5.74) is 1.46. The Morgan fingerprint density at radius 1 is 1.50 bits per heavy atom. The summed E-state index contributed by atoms with van der Waals surface area (Å²) in [6.07, 6.45) is 1.43. The number of rotatable bonds is 2. The average molecular weight is 192 g/mol. The minimum Gasteiger partial charge on any atom is -0.478 e. The van der Waals surface area contributed by atoms with Gasteiger partial charge >= 0.3 is 5.97 Å². The fraction of sp³-hybridized carbons (Fsp3) is 0.111. The minimum absolute atomic E-state index is 0.0613. The highest BCUT2D eigenvalue weighted by Crippen LogP contribution is 2.19. The molecule has 2 aromatic rings. The van der Waals surface area contributed by atoms with E-state index >= 15 is 0 Å². The van der Waals surface area contributed by atoms with Crippen LogP contribution in [-0.2, 0) is 6.61 Å². The van der Waals surface area contributed by atoms with Crippen molar-refractivity contribution in [3.8, 4) is 0 Å². The Labute approximate surface area is 79.0 Å². The van der Waals surface area contributed by atoms with Crippen molar-refractivity contribution < 1.29 is 15.0 Å². The molecule has 0 aliphatic rings. The van der Waals surface area contributed by atoms with Crippen molar-refractivity contribution in [1.82, 2.24) is 9.97 Å². The zero-order valence-corrected chi connectivity index (χ0v) is 7.19. The third-order valence-corrected chi connectivity index (χ3v) is 2.06. The predicted octanol–water partition coefficient (Wildman–Crippen LogP) is 0.753. The van der Waals surface area contributed by atoms with Crippen molar-refractivity contribution in [2.75, 3.05) is 0 Å². The van der Waals surface area contributed by atoms with E-state index in [-0.39, 0.29) is 12.2 Å². The van der Waals surface area contributed by atoms with Gasteiger partial charge in [-0.05, 0) is 11.6 Å². The molecule has 14 heavy (non-hydrogen) atoms. The molecule has 0 saturated heterocycles. The van der Waals surface area contributed by atoms with Gasteiger partial charge < -0.3 is 15.2 Å². The Kier molecular flexibility index (Phi) is 1.94. The Morgan fingerprint density at radius 3 is 2.93 bits per heavy atom. The molecule has 0 aliphatic heterocycles. The largest absolute Gasteiger partial charge is 0.478 e. The van der Waals surface area contributed by atoms with E-state index in [1.165, 1.54) is 6.33 Å². The lowest BCUT2D eigenvalue weighted by molar-refractivity contribution is 0.0695. The van der Waals surface area contributed by atoms with Crippen LogP contribution in [0.2, 0.25) is 0 Å². The van der Waals surface area contributed by atoms with Gasteiger partial charge in [-0.25, -0.2) is 9.78 Å². The normalized spacial score (nSPS) is 10.6. The van der Waals surface area contributed by atoms with Crippen molar-refractivity contribution >= 4 is 17.0 Å². The van der Waals surface area contributed by atoms with Gasteiger partial charge in [0.05, 0.1) is 24.0 Å². The summed E-state index contributed by atoms with van der Waals surface area (Å²) in [6.45, 7) is -0.301. The summed E-state index contributed by atoms with van der Waals surface area (Å²) in [4.78, 5) is 17.6. The van der Waals surface area contributed by atoms with Crippen molar-refractivity contribution in [2.24, 2.45) is 0 Å². The Balaban J connectivity index is 2.82. The Hall–Kier alpha value is -1.88. The third-order valence-electron chi connectivity index (χ3n) is 2.06. The van der Waals surface area contributed by atoms with Crippen LogP contribution >= 0.6 is 0 Å². The lowest BCUT2D eigenvalue weighted by Gasteiger charge is -2.02. The van der Waals surface area contributed by atoms with Crippen LogP contribution in [0.3, 0.4) is 0 Å². The Morgan fingerprint density at radius 2 is 2.29 bits per heavy atom. The first-order chi connectivity index (χ1) is 6.74. The number of aromatic nitrogens is 2. The molecule has 72 valence electrons. The topological polar surface area (TPSA) is 86.2 Å². The van der Waals surface area contributed by atoms with Crippen molar-refractivity contribution in [3.05, 3.63) is 29.6 Å². The molecule has 3 N–H and O–H groups in total. The second-order valence-electron chi connectivity index (χ2n) is 2.86. The molecule has 0 aliphatic carbocycles. The van der Waals surface area contributed by atoms with Crippen LogP contribution in [0, 0.1) is 0 Å². The molecule has 1 heterocycles. The SMILES string of the molecule is O=C(O)c1c(CO)ccc2[nH]cnc12. The number of benzene rings is 1. The average Bonchev–Trinajstić information content (AvgIpc) is 2.62. The molecule has 0 bridgehead atoms. The fourth-order valence-electron chi connectivity index (χ4n) is 1.42. The summed E-state index contributed by atoms with van der Waals surface area (Å²) < 4.78 is 0. The minimum atomic E-state index is -1.08. The number of aromatic amines is 1. The number of aliphatic hydroxyl groups is 1. The van der Waals surface area contributed by atoms with Crippen molar-refractivity contribution in [2.45, 2.75) is 6.61 Å². The molecule has 2 rings (SSSR count). The van der Waals surface area contributed by atoms with Gasteiger partial charge in [0.25, 0.3) is 0 Å². The van der Waals surface area contributed by atoms with Crippen LogP contribution in [0.1, 0.15) is 15.9 Å². The number of nitrogens with one attached hydrogen (secondary N) is 1. The number of hydrogen-bond acceptors (Lipinski definition) is 3. The summed E-state index contributed by atoms with van der Waals surface area (Å²) in [7, 11) is 0. The first kappa shape index (κ1) is 8.71. The highest BCUT2D eigenvalue weighted by atomic mass is 16.4. The van der Waals surface area contributed by atoms with Crippen LogP contribution in [0.4, 0.5) is 0 Å². The smallest absolute Gasteiger partial charge is 0.338 e. The first-order valence-electron chi connectivity index (χ1n) is 4.03. The lowest BCUT2D eigenvalue weighted by atomic mass is 10.1. The van der Waals surface area contributed by atoms with Gasteiger partial charge in [-0.3, -0.25) is 0 Å². The molecule has 0 spiro atoms. The van der Waals surface area contributed by atoms with E-state index in [1.807, 2.05) is 0 Å². The maximum Gasteiger partial charge on any atom is 0.338 e. The quantitative estimate of drug-likeness (QED) is 0.655. The van der Waals surface area contributed by atoms with Crippen LogP contribution in [0.25, 0.3) is 11.0 Å². The number of carboxylic acids is 1. The highest BCUT2D eigenvalue weighted by molar-refractivity contribution is 6.02. The molecule has 0 atom stereocenters. The molecule has 1 aromatic carbocycles. The van der Waals surface area contributed by atoms with Crippen LogP contribution in [0.15, 0.2) is 18.5 Å². The molecule has 5 heteroatoms. The van der Waals surface area contributed by atoms with E-state index < -0.39 is 5.97 Å². The molecule has 1 aromatic heterocycles. The van der Waals surface area contributed by atoms with Gasteiger partial charge in [0.2, 0.25) is 0 Å². The lowest BCUT2D eigenvalue weighted by Crippen LogP contribution is -2.03. The van der Waals surface area contributed by atoms with Crippen LogP contribution < -0.4 is 0 Å². The van der Waals surface area contributed by atoms with Gasteiger partial charge in [0.1, 0.15) is 5.52 Å². The van der Waals surface area contributed by atoms with E-state index in [4.69, 9.17) is 10.2 Å². The molecule has 0 fully saturated rings. The highest BCUT2D eigenvalue weighted by Gasteiger charge is 2.15. The Bertz CT molecular complexity index is 490. The number of aromatic carboxylic acids is 1. The third kappa shape index (κ3) is 1.14. The summed E-state index contributed by atoms with van der Waals surface area (Å²) in [6, 6.07) is 3.27. The maximum atomic E-state index is 10.9. The number of nitrogens with zero attached hydrogens (tertiary/aromatic N) is 1. The number of fused-ring (bicyclic) bond motifs is 1. The molecular weight excluding hydrogens is 184 g/mol. The molecule has 0 saturated carbocycles. The second-order valence-corrected chi connectivity index (χ2v) is 2.86. The molecule has 0 unspecified atom stereocenters. The van der Waals surface area contributed by atoms with Crippen LogP contribution in [0.5, 0.6) is 0 Å². The zero-order valence-electron chi connectivity index (χ0n) is 7.19. The molecule has 0 amide bonds. The van der Waals surface area contributed by atoms with Crippen molar-refractivity contribution in [3.63, 3.8) is 0 Å². The van der Waals surface area contributed by atoms with Gasteiger partial charge in [0, 0.05) is 0 Å². The summed E-state index contributed by atoms with van der Waals surface area (Å²) >= 11 is 0.